The molecule has 2 aromatic rings. The van der Waals surface area contributed by atoms with Crippen molar-refractivity contribution in [2.45, 2.75) is 37.6 Å². The van der Waals surface area contributed by atoms with Crippen molar-refractivity contribution in [3.63, 3.8) is 0 Å². The van der Waals surface area contributed by atoms with Gasteiger partial charge in [0.2, 0.25) is 0 Å². The van der Waals surface area contributed by atoms with Crippen LogP contribution in [0, 0.1) is 5.82 Å². The number of benzene rings is 2. The molecule has 150 valence electrons. The molecule has 0 heterocycles. The minimum absolute atomic E-state index is 0.183. The third-order valence-corrected chi connectivity index (χ3v) is 4.66. The molecule has 0 aromatic heterocycles. The first-order chi connectivity index (χ1) is 13.2. The summed E-state index contributed by atoms with van der Waals surface area (Å²) in [5, 5.41) is 2.51. The number of nitrogens with one attached hydrogen (secondary N) is 1. The molecule has 9 heteroatoms. The lowest BCUT2D eigenvalue weighted by molar-refractivity contribution is -0.137. The monoisotopic (exact) mass is 403 g/mol. The average molecular weight is 403 g/mol. The van der Waals surface area contributed by atoms with E-state index < -0.39 is 47.6 Å². The SMILES string of the molecule is O=C(N[C@@H]1CC[C@@H]1c1ccc(OC(F)F)cc1F)c1ccccc1C(F)(F)F. The summed E-state index contributed by atoms with van der Waals surface area (Å²) in [7, 11) is 0. The molecule has 0 bridgehead atoms. The van der Waals surface area contributed by atoms with Gasteiger partial charge in [-0.05, 0) is 36.6 Å². The van der Waals surface area contributed by atoms with Gasteiger partial charge in [-0.3, -0.25) is 4.79 Å². The van der Waals surface area contributed by atoms with Crippen molar-refractivity contribution in [2.24, 2.45) is 0 Å². The maximum Gasteiger partial charge on any atom is 0.417 e. The zero-order valence-corrected chi connectivity index (χ0v) is 14.3. The van der Waals surface area contributed by atoms with Crippen LogP contribution >= 0.6 is 0 Å². The van der Waals surface area contributed by atoms with Crippen molar-refractivity contribution in [1.29, 1.82) is 0 Å². The highest BCUT2D eigenvalue weighted by atomic mass is 19.4. The molecule has 28 heavy (non-hydrogen) atoms. The van der Waals surface area contributed by atoms with Gasteiger partial charge in [-0.15, -0.1) is 0 Å². The summed E-state index contributed by atoms with van der Waals surface area (Å²) in [5.41, 5.74) is -1.38. The largest absolute Gasteiger partial charge is 0.435 e. The topological polar surface area (TPSA) is 38.3 Å². The van der Waals surface area contributed by atoms with Crippen LogP contribution in [0.5, 0.6) is 5.75 Å². The second-order valence-corrected chi connectivity index (χ2v) is 6.37. The zero-order chi connectivity index (χ0) is 20.5. The second-order valence-electron chi connectivity index (χ2n) is 6.37. The van der Waals surface area contributed by atoms with Crippen LogP contribution in [0.4, 0.5) is 26.3 Å². The van der Waals surface area contributed by atoms with E-state index in [1.54, 1.807) is 0 Å². The number of halogens is 6. The van der Waals surface area contributed by atoms with E-state index in [2.05, 4.69) is 10.1 Å². The van der Waals surface area contributed by atoms with Crippen LogP contribution < -0.4 is 10.1 Å². The number of hydrogen-bond donors (Lipinski definition) is 1. The number of hydrogen-bond acceptors (Lipinski definition) is 2. The van der Waals surface area contributed by atoms with Gasteiger partial charge in [0.15, 0.2) is 0 Å². The summed E-state index contributed by atoms with van der Waals surface area (Å²) in [4.78, 5) is 12.3. The first-order valence-electron chi connectivity index (χ1n) is 8.38. The number of carbonyl (C=O) groups is 1. The fraction of sp³-hybridized carbons (Fsp3) is 0.316. The smallest absolute Gasteiger partial charge is 0.417 e. The molecule has 0 saturated heterocycles. The normalized spacial score (nSPS) is 19.2. The molecule has 0 aliphatic heterocycles. The van der Waals surface area contributed by atoms with Crippen LogP contribution in [0.25, 0.3) is 0 Å². The number of amides is 1. The maximum absolute atomic E-state index is 14.2. The molecule has 2 atom stereocenters. The van der Waals surface area contributed by atoms with E-state index in [1.807, 2.05) is 0 Å². The highest BCUT2D eigenvalue weighted by Crippen LogP contribution is 2.39. The molecule has 1 aliphatic carbocycles. The van der Waals surface area contributed by atoms with Crippen molar-refractivity contribution in [3.05, 3.63) is 65.0 Å². The van der Waals surface area contributed by atoms with Crippen molar-refractivity contribution in [1.82, 2.24) is 5.32 Å². The lowest BCUT2D eigenvalue weighted by atomic mass is 9.74. The van der Waals surface area contributed by atoms with Crippen molar-refractivity contribution >= 4 is 5.91 Å². The minimum atomic E-state index is -4.68. The van der Waals surface area contributed by atoms with Gasteiger partial charge >= 0.3 is 12.8 Å². The van der Waals surface area contributed by atoms with Gasteiger partial charge < -0.3 is 10.1 Å². The Morgan fingerprint density at radius 3 is 2.39 bits per heavy atom. The summed E-state index contributed by atoms with van der Waals surface area (Å²) in [6.07, 6.45) is -3.73. The van der Waals surface area contributed by atoms with Gasteiger partial charge in [0.1, 0.15) is 11.6 Å². The van der Waals surface area contributed by atoms with Gasteiger partial charge in [-0.2, -0.15) is 22.0 Å². The fourth-order valence-corrected chi connectivity index (χ4v) is 3.20. The fourth-order valence-electron chi connectivity index (χ4n) is 3.20. The number of carbonyl (C=O) groups excluding carboxylic acids is 1. The Hall–Kier alpha value is -2.71. The third kappa shape index (κ3) is 4.23. The molecular formula is C19H15F6NO2. The molecule has 1 fully saturated rings. The summed E-state index contributed by atoms with van der Waals surface area (Å²) >= 11 is 0. The van der Waals surface area contributed by atoms with Gasteiger partial charge in [0.05, 0.1) is 11.1 Å². The Kier molecular flexibility index (Phi) is 5.53. The van der Waals surface area contributed by atoms with E-state index >= 15 is 0 Å². The Labute approximate surface area is 156 Å². The predicted octanol–water partition coefficient (Wildman–Crippen LogP) is 5.12. The van der Waals surface area contributed by atoms with Crippen LogP contribution in [-0.4, -0.2) is 18.6 Å². The van der Waals surface area contributed by atoms with E-state index in [9.17, 15) is 31.1 Å². The van der Waals surface area contributed by atoms with Crippen LogP contribution in [0.15, 0.2) is 42.5 Å². The molecule has 0 radical (unpaired) electrons. The Balaban J connectivity index is 1.74. The summed E-state index contributed by atoms with van der Waals surface area (Å²) in [5.74, 6) is -2.49. The van der Waals surface area contributed by atoms with E-state index in [0.29, 0.717) is 12.8 Å². The first kappa shape index (κ1) is 20.0. The Morgan fingerprint density at radius 2 is 1.82 bits per heavy atom. The van der Waals surface area contributed by atoms with E-state index in [0.717, 1.165) is 18.2 Å². The Morgan fingerprint density at radius 1 is 1.11 bits per heavy atom. The van der Waals surface area contributed by atoms with Crippen LogP contribution in [-0.2, 0) is 6.18 Å². The van der Waals surface area contributed by atoms with Gasteiger partial charge in [0, 0.05) is 18.0 Å². The standard InChI is InChI=1S/C19H15F6NO2/c20-15-9-10(28-18(21)22)5-6-11(15)12-7-8-16(12)26-17(27)13-3-1-2-4-14(13)19(23,24)25/h1-6,9,12,16,18H,7-8H2,(H,26,27)/t12-,16-/m1/s1. The molecule has 0 spiro atoms. The summed E-state index contributed by atoms with van der Waals surface area (Å²) in [6, 6.07) is 7.11. The lowest BCUT2D eigenvalue weighted by Crippen LogP contribution is -2.46. The molecule has 1 saturated carbocycles. The van der Waals surface area contributed by atoms with E-state index in [1.165, 1.54) is 24.3 Å². The molecule has 1 amide bonds. The van der Waals surface area contributed by atoms with Crippen molar-refractivity contribution in [2.75, 3.05) is 0 Å². The third-order valence-electron chi connectivity index (χ3n) is 4.66. The van der Waals surface area contributed by atoms with Crippen LogP contribution in [0.1, 0.15) is 40.2 Å². The molecule has 1 aliphatic rings. The second kappa shape index (κ2) is 7.73. The highest BCUT2D eigenvalue weighted by molar-refractivity contribution is 5.96. The molecule has 0 unspecified atom stereocenters. The summed E-state index contributed by atoms with van der Waals surface area (Å²) in [6.45, 7) is -3.09. The molecule has 3 rings (SSSR count). The Bertz CT molecular complexity index is 868. The van der Waals surface area contributed by atoms with Crippen LogP contribution in [0.3, 0.4) is 0 Å². The predicted molar refractivity (Wildman–Crippen MR) is 87.7 cm³/mol. The zero-order valence-electron chi connectivity index (χ0n) is 14.3. The lowest BCUT2D eigenvalue weighted by Gasteiger charge is -2.38. The quantitative estimate of drug-likeness (QED) is 0.704. The minimum Gasteiger partial charge on any atom is -0.435 e. The molecular weight excluding hydrogens is 388 g/mol. The molecule has 1 N–H and O–H groups in total. The highest BCUT2D eigenvalue weighted by Gasteiger charge is 2.38. The summed E-state index contributed by atoms with van der Waals surface area (Å²) < 4.78 is 82.0. The van der Waals surface area contributed by atoms with E-state index in [-0.39, 0.29) is 11.3 Å². The van der Waals surface area contributed by atoms with Crippen LogP contribution in [0.2, 0.25) is 0 Å². The average Bonchev–Trinajstić information content (AvgIpc) is 2.59. The molecule has 3 nitrogen and oxygen atoms in total. The number of ether oxygens (including phenoxy) is 1. The van der Waals surface area contributed by atoms with Gasteiger partial charge in [0.25, 0.3) is 5.91 Å². The maximum atomic E-state index is 14.2. The first-order valence-corrected chi connectivity index (χ1v) is 8.38. The number of alkyl halides is 5. The van der Waals surface area contributed by atoms with E-state index in [4.69, 9.17) is 0 Å². The van der Waals surface area contributed by atoms with Crippen molar-refractivity contribution < 1.29 is 35.9 Å². The molecule has 2 aromatic carbocycles. The van der Waals surface area contributed by atoms with Gasteiger partial charge in [-0.25, -0.2) is 4.39 Å². The van der Waals surface area contributed by atoms with Crippen molar-refractivity contribution in [3.8, 4) is 5.75 Å². The van der Waals surface area contributed by atoms with Gasteiger partial charge in [-0.1, -0.05) is 18.2 Å². The number of rotatable bonds is 5.